The van der Waals surface area contributed by atoms with Crippen LogP contribution in [-0.4, -0.2) is 6.54 Å². The minimum atomic E-state index is 0.923. The lowest BCUT2D eigenvalue weighted by Gasteiger charge is -2.11. The van der Waals surface area contributed by atoms with Gasteiger partial charge in [0.25, 0.3) is 0 Å². The predicted octanol–water partition coefficient (Wildman–Crippen LogP) is 5.29. The van der Waals surface area contributed by atoms with Crippen molar-refractivity contribution >= 4 is 23.0 Å². The van der Waals surface area contributed by atoms with Crippen LogP contribution in [0.2, 0.25) is 0 Å². The molecule has 114 valence electrons. The Kier molecular flexibility index (Phi) is 4.91. The van der Waals surface area contributed by atoms with E-state index in [2.05, 4.69) is 55.2 Å². The van der Waals surface area contributed by atoms with Crippen molar-refractivity contribution in [3.05, 3.63) is 69.4 Å². The lowest BCUT2D eigenvalue weighted by Crippen LogP contribution is -2.16. The van der Waals surface area contributed by atoms with Crippen molar-refractivity contribution in [2.75, 3.05) is 6.54 Å². The second kappa shape index (κ2) is 7.08. The summed E-state index contributed by atoms with van der Waals surface area (Å²) in [5, 5.41) is 3.62. The van der Waals surface area contributed by atoms with Gasteiger partial charge in [0, 0.05) is 22.8 Å². The maximum atomic E-state index is 3.92. The third-order valence-electron chi connectivity index (χ3n) is 4.29. The van der Waals surface area contributed by atoms with Gasteiger partial charge in [-0.05, 0) is 49.0 Å². The zero-order valence-corrected chi connectivity index (χ0v) is 14.0. The number of thiophene rings is 1. The molecule has 0 amide bonds. The summed E-state index contributed by atoms with van der Waals surface area (Å²) in [7, 11) is 0. The summed E-state index contributed by atoms with van der Waals surface area (Å²) in [4.78, 5) is 2.77. The molecule has 1 aliphatic carbocycles. The summed E-state index contributed by atoms with van der Waals surface area (Å²) in [6.45, 7) is 8.09. The van der Waals surface area contributed by atoms with Gasteiger partial charge in [-0.3, -0.25) is 0 Å². The number of aryl methyl sites for hydroxylation is 1. The molecule has 3 rings (SSSR count). The molecule has 0 fully saturated rings. The molecule has 0 atom stereocenters. The van der Waals surface area contributed by atoms with Crippen molar-refractivity contribution in [3.8, 4) is 0 Å². The summed E-state index contributed by atoms with van der Waals surface area (Å²) >= 11 is 1.89. The number of hydrogen-bond donors (Lipinski definition) is 1. The SMILES string of the molecule is C=Cc1cc2c(s1)C(CNCc1ccccc1)=C(C)CCC2. The molecular formula is C20H23NS. The first-order valence-corrected chi connectivity index (χ1v) is 8.78. The van der Waals surface area contributed by atoms with Crippen LogP contribution in [0.1, 0.15) is 40.6 Å². The summed E-state index contributed by atoms with van der Waals surface area (Å²) < 4.78 is 0. The molecular weight excluding hydrogens is 286 g/mol. The molecule has 0 unspecified atom stereocenters. The first-order chi connectivity index (χ1) is 10.8. The minimum absolute atomic E-state index is 0.923. The van der Waals surface area contributed by atoms with E-state index >= 15 is 0 Å². The van der Waals surface area contributed by atoms with E-state index in [9.17, 15) is 0 Å². The third-order valence-corrected chi connectivity index (χ3v) is 5.52. The highest BCUT2D eigenvalue weighted by Crippen LogP contribution is 2.36. The quantitative estimate of drug-likeness (QED) is 0.791. The topological polar surface area (TPSA) is 12.0 Å². The average molecular weight is 309 g/mol. The summed E-state index contributed by atoms with van der Waals surface area (Å²) in [5.74, 6) is 0. The van der Waals surface area contributed by atoms with Crippen LogP contribution in [0.5, 0.6) is 0 Å². The van der Waals surface area contributed by atoms with Gasteiger partial charge in [0.15, 0.2) is 0 Å². The lowest BCUT2D eigenvalue weighted by molar-refractivity contribution is 0.763. The molecule has 22 heavy (non-hydrogen) atoms. The van der Waals surface area contributed by atoms with Crippen molar-refractivity contribution in [2.24, 2.45) is 0 Å². The first-order valence-electron chi connectivity index (χ1n) is 7.96. The van der Waals surface area contributed by atoms with Gasteiger partial charge < -0.3 is 5.32 Å². The molecule has 1 nitrogen and oxygen atoms in total. The summed E-state index contributed by atoms with van der Waals surface area (Å²) in [6, 6.07) is 12.9. The maximum Gasteiger partial charge on any atom is 0.0353 e. The van der Waals surface area contributed by atoms with Crippen molar-refractivity contribution in [3.63, 3.8) is 0 Å². The van der Waals surface area contributed by atoms with E-state index in [1.54, 1.807) is 0 Å². The highest BCUT2D eigenvalue weighted by molar-refractivity contribution is 7.14. The molecule has 1 aromatic carbocycles. The molecule has 0 aliphatic heterocycles. The number of fused-ring (bicyclic) bond motifs is 1. The van der Waals surface area contributed by atoms with Gasteiger partial charge in [0.05, 0.1) is 0 Å². The van der Waals surface area contributed by atoms with Crippen LogP contribution < -0.4 is 5.32 Å². The van der Waals surface area contributed by atoms with Gasteiger partial charge in [-0.15, -0.1) is 11.3 Å². The van der Waals surface area contributed by atoms with Crippen molar-refractivity contribution in [2.45, 2.75) is 32.7 Å². The Balaban J connectivity index is 1.76. The van der Waals surface area contributed by atoms with Gasteiger partial charge in [-0.1, -0.05) is 48.6 Å². The number of nitrogens with one attached hydrogen (secondary N) is 1. The Morgan fingerprint density at radius 3 is 2.77 bits per heavy atom. The fourth-order valence-corrected chi connectivity index (χ4v) is 4.22. The van der Waals surface area contributed by atoms with E-state index in [0.29, 0.717) is 0 Å². The standard InChI is InChI=1S/C20H23NS/c1-3-18-12-17-11-7-8-15(2)19(20(17)22-18)14-21-13-16-9-5-4-6-10-16/h3-6,9-10,12,21H,1,7-8,11,13-14H2,2H3. The van der Waals surface area contributed by atoms with Crippen LogP contribution in [-0.2, 0) is 13.0 Å². The smallest absolute Gasteiger partial charge is 0.0353 e. The lowest BCUT2D eigenvalue weighted by atomic mass is 10.1. The molecule has 1 aliphatic rings. The van der Waals surface area contributed by atoms with Crippen LogP contribution in [0.25, 0.3) is 11.6 Å². The van der Waals surface area contributed by atoms with Gasteiger partial charge in [0.2, 0.25) is 0 Å². The van der Waals surface area contributed by atoms with E-state index in [4.69, 9.17) is 0 Å². The van der Waals surface area contributed by atoms with Gasteiger partial charge in [-0.2, -0.15) is 0 Å². The van der Waals surface area contributed by atoms with E-state index in [1.165, 1.54) is 51.3 Å². The molecule has 1 heterocycles. The minimum Gasteiger partial charge on any atom is -0.309 e. The monoisotopic (exact) mass is 309 g/mol. The fourth-order valence-electron chi connectivity index (χ4n) is 3.04. The molecule has 1 N–H and O–H groups in total. The van der Waals surface area contributed by atoms with Crippen molar-refractivity contribution in [1.29, 1.82) is 0 Å². The molecule has 0 saturated heterocycles. The Hall–Kier alpha value is -1.64. The Bertz CT molecular complexity index is 679. The van der Waals surface area contributed by atoms with Crippen LogP contribution >= 0.6 is 11.3 Å². The maximum absolute atomic E-state index is 3.92. The van der Waals surface area contributed by atoms with Gasteiger partial charge >= 0.3 is 0 Å². The van der Waals surface area contributed by atoms with Crippen molar-refractivity contribution < 1.29 is 0 Å². The highest BCUT2D eigenvalue weighted by atomic mass is 32.1. The fraction of sp³-hybridized carbons (Fsp3) is 0.300. The number of hydrogen-bond acceptors (Lipinski definition) is 2. The molecule has 1 aromatic heterocycles. The van der Waals surface area contributed by atoms with E-state index in [-0.39, 0.29) is 0 Å². The molecule has 2 heteroatoms. The van der Waals surface area contributed by atoms with Crippen LogP contribution in [0.3, 0.4) is 0 Å². The largest absolute Gasteiger partial charge is 0.309 e. The molecule has 0 radical (unpaired) electrons. The Labute approximate surface area is 137 Å². The van der Waals surface area contributed by atoms with E-state index in [1.807, 2.05) is 17.4 Å². The van der Waals surface area contributed by atoms with Crippen LogP contribution in [0.15, 0.2) is 48.6 Å². The number of benzene rings is 1. The summed E-state index contributed by atoms with van der Waals surface area (Å²) in [5.41, 5.74) is 5.89. The average Bonchev–Trinajstić information content (AvgIpc) is 2.89. The number of rotatable bonds is 5. The second-order valence-electron chi connectivity index (χ2n) is 5.91. The Morgan fingerprint density at radius 1 is 1.18 bits per heavy atom. The van der Waals surface area contributed by atoms with Crippen LogP contribution in [0, 0.1) is 0 Å². The zero-order valence-electron chi connectivity index (χ0n) is 13.2. The van der Waals surface area contributed by atoms with E-state index < -0.39 is 0 Å². The highest BCUT2D eigenvalue weighted by Gasteiger charge is 2.17. The third kappa shape index (κ3) is 3.40. The first kappa shape index (κ1) is 15.3. The Morgan fingerprint density at radius 2 is 2.00 bits per heavy atom. The molecule has 0 bridgehead atoms. The van der Waals surface area contributed by atoms with Crippen LogP contribution in [0.4, 0.5) is 0 Å². The zero-order chi connectivity index (χ0) is 15.4. The van der Waals surface area contributed by atoms with Gasteiger partial charge in [-0.25, -0.2) is 0 Å². The number of allylic oxidation sites excluding steroid dienone is 1. The van der Waals surface area contributed by atoms with E-state index in [0.717, 1.165) is 13.1 Å². The summed E-state index contributed by atoms with van der Waals surface area (Å²) in [6.07, 6.45) is 5.64. The molecule has 0 spiro atoms. The molecule has 0 saturated carbocycles. The predicted molar refractivity (Wildman–Crippen MR) is 98.1 cm³/mol. The van der Waals surface area contributed by atoms with Crippen molar-refractivity contribution in [1.82, 2.24) is 5.32 Å². The normalized spacial score (nSPS) is 14.6. The second-order valence-corrected chi connectivity index (χ2v) is 6.99. The van der Waals surface area contributed by atoms with Gasteiger partial charge in [0.1, 0.15) is 0 Å². The molecule has 2 aromatic rings.